The molecule has 1 atom stereocenters. The normalized spacial score (nSPS) is 16.8. The van der Waals surface area contributed by atoms with E-state index in [0.717, 1.165) is 17.0 Å². The number of fused-ring (bicyclic) bond motifs is 1. The highest BCUT2D eigenvalue weighted by Gasteiger charge is 2.34. The Balaban J connectivity index is 1.29. The summed E-state index contributed by atoms with van der Waals surface area (Å²) in [4.78, 5) is 26.4. The molecule has 1 saturated heterocycles. The molecular weight excluding hydrogens is 342 g/mol. The van der Waals surface area contributed by atoms with Gasteiger partial charge in [0.1, 0.15) is 5.82 Å². The van der Waals surface area contributed by atoms with Crippen molar-refractivity contribution in [1.82, 2.24) is 24.8 Å². The molecule has 0 radical (unpaired) electrons. The molecule has 0 spiro atoms. The number of rotatable bonds is 6. The summed E-state index contributed by atoms with van der Waals surface area (Å²) in [5, 5.41) is 11.2. The molecule has 4 rings (SSSR count). The first-order valence-corrected chi connectivity index (χ1v) is 9.09. The monoisotopic (exact) mass is 363 g/mol. The van der Waals surface area contributed by atoms with Crippen LogP contribution in [0.2, 0.25) is 0 Å². The fourth-order valence-corrected chi connectivity index (χ4v) is 3.41. The molecule has 1 fully saturated rings. The average molecular weight is 363 g/mol. The van der Waals surface area contributed by atoms with Crippen molar-refractivity contribution in [1.29, 1.82) is 0 Å². The highest BCUT2D eigenvalue weighted by molar-refractivity contribution is 5.89. The van der Waals surface area contributed by atoms with E-state index in [9.17, 15) is 9.59 Å². The number of carbonyl (C=O) groups is 2. The number of hydrogen-bond acceptors (Lipinski definition) is 4. The number of nitrogens with one attached hydrogen (secondary N) is 1. The number of aromatic nitrogens is 3. The molecule has 1 aliphatic heterocycles. The molecule has 3 aromatic rings. The second kappa shape index (κ2) is 7.57. The topological polar surface area (TPSA) is 79.6 Å². The molecule has 2 amide bonds. The van der Waals surface area contributed by atoms with Gasteiger partial charge in [-0.3, -0.25) is 14.0 Å². The van der Waals surface area contributed by atoms with Crippen molar-refractivity contribution in [2.45, 2.75) is 19.4 Å². The standard InChI is InChI=1S/C20H21N5O2/c26-19-12-16(14-24(19)13-15-6-2-1-3-7-15)20(27)21-10-9-18-23-22-17-8-4-5-11-25(17)18/h1-8,11,16H,9-10,12-14H2,(H,21,27)/t16-/m1/s1. The lowest BCUT2D eigenvalue weighted by Gasteiger charge is -2.16. The molecule has 1 aliphatic rings. The molecule has 1 N–H and O–H groups in total. The quantitative estimate of drug-likeness (QED) is 0.719. The molecule has 1 aromatic carbocycles. The molecule has 0 bridgehead atoms. The predicted molar refractivity (Wildman–Crippen MR) is 99.7 cm³/mol. The molecule has 7 nitrogen and oxygen atoms in total. The van der Waals surface area contributed by atoms with Crippen molar-refractivity contribution in [2.75, 3.05) is 13.1 Å². The van der Waals surface area contributed by atoms with E-state index in [1.54, 1.807) is 4.90 Å². The summed E-state index contributed by atoms with van der Waals surface area (Å²) in [6, 6.07) is 15.6. The Morgan fingerprint density at radius 3 is 2.78 bits per heavy atom. The van der Waals surface area contributed by atoms with Gasteiger partial charge in [0.15, 0.2) is 5.65 Å². The van der Waals surface area contributed by atoms with E-state index in [-0.39, 0.29) is 24.2 Å². The van der Waals surface area contributed by atoms with Crippen LogP contribution in [0.5, 0.6) is 0 Å². The molecule has 0 aliphatic carbocycles. The molecule has 138 valence electrons. The number of pyridine rings is 1. The van der Waals surface area contributed by atoms with Gasteiger partial charge < -0.3 is 10.2 Å². The van der Waals surface area contributed by atoms with Gasteiger partial charge in [-0.15, -0.1) is 10.2 Å². The zero-order chi connectivity index (χ0) is 18.6. The van der Waals surface area contributed by atoms with Crippen LogP contribution in [0.25, 0.3) is 5.65 Å². The molecular formula is C20H21N5O2. The summed E-state index contributed by atoms with van der Waals surface area (Å²) in [5.41, 5.74) is 1.86. The summed E-state index contributed by atoms with van der Waals surface area (Å²) >= 11 is 0. The van der Waals surface area contributed by atoms with Gasteiger partial charge in [-0.05, 0) is 17.7 Å². The maximum Gasteiger partial charge on any atom is 0.225 e. The van der Waals surface area contributed by atoms with Gasteiger partial charge in [-0.1, -0.05) is 36.4 Å². The van der Waals surface area contributed by atoms with Crippen LogP contribution in [-0.2, 0) is 22.6 Å². The van der Waals surface area contributed by atoms with Crippen LogP contribution >= 0.6 is 0 Å². The lowest BCUT2D eigenvalue weighted by molar-refractivity contribution is -0.129. The lowest BCUT2D eigenvalue weighted by Crippen LogP contribution is -2.34. The van der Waals surface area contributed by atoms with Gasteiger partial charge in [0.05, 0.1) is 5.92 Å². The molecule has 0 unspecified atom stereocenters. The van der Waals surface area contributed by atoms with E-state index in [4.69, 9.17) is 0 Å². The number of carbonyl (C=O) groups excluding carboxylic acids is 2. The highest BCUT2D eigenvalue weighted by atomic mass is 16.2. The second-order valence-electron chi connectivity index (χ2n) is 6.75. The minimum Gasteiger partial charge on any atom is -0.355 e. The van der Waals surface area contributed by atoms with Gasteiger partial charge in [0.25, 0.3) is 0 Å². The minimum atomic E-state index is -0.295. The van der Waals surface area contributed by atoms with E-state index in [1.165, 1.54) is 0 Å². The van der Waals surface area contributed by atoms with E-state index in [0.29, 0.717) is 26.1 Å². The summed E-state index contributed by atoms with van der Waals surface area (Å²) < 4.78 is 1.91. The molecule has 3 heterocycles. The minimum absolute atomic E-state index is 0.0300. The van der Waals surface area contributed by atoms with Gasteiger partial charge >= 0.3 is 0 Å². The number of nitrogens with zero attached hydrogens (tertiary/aromatic N) is 4. The van der Waals surface area contributed by atoms with Crippen molar-refractivity contribution in [2.24, 2.45) is 5.92 Å². The Kier molecular flexibility index (Phi) is 4.82. The number of amides is 2. The number of benzene rings is 1. The Hall–Kier alpha value is -3.22. The van der Waals surface area contributed by atoms with Gasteiger partial charge in [-0.25, -0.2) is 0 Å². The number of hydrogen-bond donors (Lipinski definition) is 1. The van der Waals surface area contributed by atoms with Crippen LogP contribution in [0.3, 0.4) is 0 Å². The third-order valence-electron chi connectivity index (χ3n) is 4.83. The second-order valence-corrected chi connectivity index (χ2v) is 6.75. The Morgan fingerprint density at radius 2 is 1.93 bits per heavy atom. The first-order valence-electron chi connectivity index (χ1n) is 9.09. The Morgan fingerprint density at radius 1 is 1.11 bits per heavy atom. The van der Waals surface area contributed by atoms with E-state index in [2.05, 4.69) is 15.5 Å². The zero-order valence-electron chi connectivity index (χ0n) is 14.9. The third-order valence-corrected chi connectivity index (χ3v) is 4.83. The fourth-order valence-electron chi connectivity index (χ4n) is 3.41. The van der Waals surface area contributed by atoms with Crippen molar-refractivity contribution >= 4 is 17.5 Å². The van der Waals surface area contributed by atoms with E-state index < -0.39 is 0 Å². The van der Waals surface area contributed by atoms with Crippen LogP contribution in [0.1, 0.15) is 17.8 Å². The summed E-state index contributed by atoms with van der Waals surface area (Å²) in [6.07, 6.45) is 2.77. The average Bonchev–Trinajstić information content (AvgIpc) is 3.27. The van der Waals surface area contributed by atoms with Crippen molar-refractivity contribution in [3.8, 4) is 0 Å². The fraction of sp³-hybridized carbons (Fsp3) is 0.300. The largest absolute Gasteiger partial charge is 0.355 e. The molecule has 2 aromatic heterocycles. The van der Waals surface area contributed by atoms with E-state index >= 15 is 0 Å². The van der Waals surface area contributed by atoms with Crippen LogP contribution < -0.4 is 5.32 Å². The third kappa shape index (κ3) is 3.81. The van der Waals surface area contributed by atoms with Crippen LogP contribution in [-0.4, -0.2) is 44.4 Å². The van der Waals surface area contributed by atoms with E-state index in [1.807, 2.05) is 59.1 Å². The molecule has 0 saturated carbocycles. The SMILES string of the molecule is O=C(NCCc1nnc2ccccn12)[C@@H]1CC(=O)N(Cc2ccccc2)C1. The molecule has 27 heavy (non-hydrogen) atoms. The van der Waals surface area contributed by atoms with Gasteiger partial charge in [0.2, 0.25) is 11.8 Å². The van der Waals surface area contributed by atoms with Crippen LogP contribution in [0.15, 0.2) is 54.7 Å². The van der Waals surface area contributed by atoms with Gasteiger partial charge in [0, 0.05) is 38.7 Å². The van der Waals surface area contributed by atoms with Crippen LogP contribution in [0.4, 0.5) is 0 Å². The molecule has 7 heteroatoms. The first-order chi connectivity index (χ1) is 13.2. The van der Waals surface area contributed by atoms with Crippen molar-refractivity contribution in [3.63, 3.8) is 0 Å². The predicted octanol–water partition coefficient (Wildman–Crippen LogP) is 1.44. The summed E-state index contributed by atoms with van der Waals surface area (Å²) in [7, 11) is 0. The maximum absolute atomic E-state index is 12.4. The number of likely N-dealkylation sites (tertiary alicyclic amines) is 1. The zero-order valence-corrected chi connectivity index (χ0v) is 14.9. The lowest BCUT2D eigenvalue weighted by atomic mass is 10.1. The van der Waals surface area contributed by atoms with Crippen molar-refractivity contribution in [3.05, 3.63) is 66.1 Å². The Bertz CT molecular complexity index is 953. The van der Waals surface area contributed by atoms with Crippen molar-refractivity contribution < 1.29 is 9.59 Å². The Labute approximate surface area is 157 Å². The van der Waals surface area contributed by atoms with Gasteiger partial charge in [-0.2, -0.15) is 0 Å². The summed E-state index contributed by atoms with van der Waals surface area (Å²) in [5.74, 6) is 0.464. The smallest absolute Gasteiger partial charge is 0.225 e. The first kappa shape index (κ1) is 17.2. The summed E-state index contributed by atoms with van der Waals surface area (Å²) in [6.45, 7) is 1.49. The van der Waals surface area contributed by atoms with Crippen LogP contribution in [0, 0.1) is 5.92 Å². The maximum atomic E-state index is 12.4. The highest BCUT2D eigenvalue weighted by Crippen LogP contribution is 2.20.